The zero-order valence-corrected chi connectivity index (χ0v) is 25.0. The predicted octanol–water partition coefficient (Wildman–Crippen LogP) is 6.94. The fourth-order valence-electron chi connectivity index (χ4n) is 5.12. The lowest BCUT2D eigenvalue weighted by atomic mass is 9.95. The Morgan fingerprint density at radius 1 is 1.07 bits per heavy atom. The molecule has 226 valence electrons. The second-order valence-electron chi connectivity index (χ2n) is 10.0. The average molecular weight is 630 g/mol. The van der Waals surface area contributed by atoms with Crippen molar-refractivity contribution in [2.45, 2.75) is 50.2 Å². The molecule has 2 heterocycles. The largest absolute Gasteiger partial charge is 0.462 e. The molecule has 0 bridgehead atoms. The Bertz CT molecular complexity index is 1660. The van der Waals surface area contributed by atoms with Crippen molar-refractivity contribution in [1.29, 1.82) is 0 Å². The number of amides is 2. The lowest BCUT2D eigenvalue weighted by molar-refractivity contribution is -0.137. The number of hydrogen-bond donors (Lipinski definition) is 2. The average Bonchev–Trinajstić information content (AvgIpc) is 3.53. The van der Waals surface area contributed by atoms with E-state index >= 15 is 0 Å². The molecule has 1 aliphatic rings. The molecule has 2 N–H and O–H groups in total. The van der Waals surface area contributed by atoms with Crippen LogP contribution in [0.3, 0.4) is 0 Å². The molecular weight excluding hydrogens is 599 g/mol. The number of anilines is 1. The van der Waals surface area contributed by atoms with Crippen LogP contribution in [-0.2, 0) is 35.1 Å². The molecule has 4 aromatic rings. The van der Waals surface area contributed by atoms with Gasteiger partial charge in [0.1, 0.15) is 5.00 Å². The topological polar surface area (TPSA) is 89.4 Å². The van der Waals surface area contributed by atoms with E-state index in [0.29, 0.717) is 17.1 Å². The zero-order valence-electron chi connectivity index (χ0n) is 23.4. The second-order valence-corrected chi connectivity index (χ2v) is 12.1. The number of aryl methyl sites for hydroxylation is 1. The standard InChI is InChI=1S/C31H30F3N3O4S2/c1-2-41-30(40)27-22-11-4-6-13-24(22)43-29(27)36-26(38)18-42-25-17-37(23-12-5-3-10-21(23)25)15-14-35-28(39)19-8-7-9-20(16-19)31(32,33)34/h3,5,7-10,12,16-17H,2,4,6,11,13-15,18H2,1H3,(H,35,39)(H,36,38). The van der Waals surface area contributed by atoms with Crippen LogP contribution in [0, 0.1) is 0 Å². The number of rotatable bonds is 10. The van der Waals surface area contributed by atoms with Crippen LogP contribution < -0.4 is 10.6 Å². The van der Waals surface area contributed by atoms with Crippen LogP contribution >= 0.6 is 23.1 Å². The fraction of sp³-hybridized carbons (Fsp3) is 0.323. The summed E-state index contributed by atoms with van der Waals surface area (Å²) in [5.74, 6) is -1.12. The van der Waals surface area contributed by atoms with Gasteiger partial charge in [-0.2, -0.15) is 13.2 Å². The first-order valence-corrected chi connectivity index (χ1v) is 15.7. The van der Waals surface area contributed by atoms with E-state index in [1.54, 1.807) is 6.92 Å². The molecule has 0 saturated carbocycles. The van der Waals surface area contributed by atoms with Gasteiger partial charge in [-0.25, -0.2) is 4.79 Å². The Kier molecular flexibility index (Phi) is 9.46. The third-order valence-corrected chi connectivity index (χ3v) is 9.36. The van der Waals surface area contributed by atoms with Gasteiger partial charge in [0, 0.05) is 45.5 Å². The SMILES string of the molecule is CCOC(=O)c1c(NC(=O)CSc2cn(CCNC(=O)c3cccc(C(F)(F)F)c3)c3ccccc23)sc2c1CCCC2. The number of thiophene rings is 1. The number of halogens is 3. The Morgan fingerprint density at radius 3 is 2.65 bits per heavy atom. The number of esters is 1. The minimum absolute atomic E-state index is 0.0628. The van der Waals surface area contributed by atoms with Crippen LogP contribution in [0.25, 0.3) is 10.9 Å². The number of para-hydroxylation sites is 1. The molecule has 0 aliphatic heterocycles. The fourth-order valence-corrected chi connectivity index (χ4v) is 7.30. The van der Waals surface area contributed by atoms with Crippen LogP contribution in [0.4, 0.5) is 18.2 Å². The summed E-state index contributed by atoms with van der Waals surface area (Å²) in [6.07, 6.45) is 1.10. The molecule has 2 aromatic heterocycles. The van der Waals surface area contributed by atoms with Gasteiger partial charge >= 0.3 is 12.1 Å². The summed E-state index contributed by atoms with van der Waals surface area (Å²) in [5.41, 5.74) is 1.42. The number of carbonyl (C=O) groups excluding carboxylic acids is 3. The minimum atomic E-state index is -4.53. The highest BCUT2D eigenvalue weighted by Crippen LogP contribution is 2.39. The van der Waals surface area contributed by atoms with Crippen molar-refractivity contribution in [1.82, 2.24) is 9.88 Å². The molecule has 12 heteroatoms. The molecule has 0 spiro atoms. The number of alkyl halides is 3. The van der Waals surface area contributed by atoms with E-state index < -0.39 is 23.6 Å². The van der Waals surface area contributed by atoms with E-state index in [9.17, 15) is 27.6 Å². The van der Waals surface area contributed by atoms with Gasteiger partial charge in [0.15, 0.2) is 0 Å². The summed E-state index contributed by atoms with van der Waals surface area (Å²) in [7, 11) is 0. The molecule has 0 radical (unpaired) electrons. The minimum Gasteiger partial charge on any atom is -0.462 e. The Hall–Kier alpha value is -3.77. The third kappa shape index (κ3) is 7.07. The highest BCUT2D eigenvalue weighted by atomic mass is 32.2. The van der Waals surface area contributed by atoms with Crippen LogP contribution in [-0.4, -0.2) is 41.3 Å². The lowest BCUT2D eigenvalue weighted by Crippen LogP contribution is -2.27. The molecule has 5 rings (SSSR count). The van der Waals surface area contributed by atoms with Gasteiger partial charge in [0.05, 0.1) is 23.5 Å². The van der Waals surface area contributed by atoms with E-state index in [-0.39, 0.29) is 30.4 Å². The summed E-state index contributed by atoms with van der Waals surface area (Å²) >= 11 is 2.81. The summed E-state index contributed by atoms with van der Waals surface area (Å²) in [6, 6.07) is 12.0. The highest BCUT2D eigenvalue weighted by Gasteiger charge is 2.31. The summed E-state index contributed by atoms with van der Waals surface area (Å²) < 4.78 is 46.3. The number of fused-ring (bicyclic) bond motifs is 2. The smallest absolute Gasteiger partial charge is 0.416 e. The quantitative estimate of drug-likeness (QED) is 0.147. The van der Waals surface area contributed by atoms with Crippen molar-refractivity contribution in [3.05, 3.63) is 81.9 Å². The first-order chi connectivity index (χ1) is 20.7. The Morgan fingerprint density at radius 2 is 1.86 bits per heavy atom. The monoisotopic (exact) mass is 629 g/mol. The summed E-state index contributed by atoms with van der Waals surface area (Å²) in [4.78, 5) is 40.3. The van der Waals surface area contributed by atoms with Crippen molar-refractivity contribution in [3.8, 4) is 0 Å². The van der Waals surface area contributed by atoms with Crippen LogP contribution in [0.2, 0.25) is 0 Å². The highest BCUT2D eigenvalue weighted by molar-refractivity contribution is 8.00. The van der Waals surface area contributed by atoms with Gasteiger partial charge in [-0.15, -0.1) is 23.1 Å². The van der Waals surface area contributed by atoms with Gasteiger partial charge in [-0.1, -0.05) is 24.3 Å². The van der Waals surface area contributed by atoms with Crippen LogP contribution in [0.1, 0.15) is 56.5 Å². The third-order valence-electron chi connectivity index (χ3n) is 7.10. The molecular formula is C31H30F3N3O4S2. The molecule has 0 atom stereocenters. The molecule has 2 aromatic carbocycles. The maximum Gasteiger partial charge on any atom is 0.416 e. The van der Waals surface area contributed by atoms with Crippen molar-refractivity contribution in [2.75, 3.05) is 24.2 Å². The molecule has 7 nitrogen and oxygen atoms in total. The number of carbonyl (C=O) groups is 3. The molecule has 0 fully saturated rings. The number of nitrogens with one attached hydrogen (secondary N) is 2. The van der Waals surface area contributed by atoms with E-state index in [1.807, 2.05) is 35.0 Å². The van der Waals surface area contributed by atoms with Gasteiger partial charge in [0.25, 0.3) is 5.91 Å². The maximum absolute atomic E-state index is 13.0. The van der Waals surface area contributed by atoms with Crippen molar-refractivity contribution < 1.29 is 32.3 Å². The lowest BCUT2D eigenvalue weighted by Gasteiger charge is -2.12. The molecule has 0 saturated heterocycles. The number of thioether (sulfide) groups is 1. The van der Waals surface area contributed by atoms with Gasteiger partial charge in [0.2, 0.25) is 5.91 Å². The van der Waals surface area contributed by atoms with Gasteiger partial charge in [-0.05, 0) is 62.4 Å². The number of aromatic nitrogens is 1. The summed E-state index contributed by atoms with van der Waals surface area (Å²) in [5, 5.41) is 7.10. The first kappa shape index (κ1) is 30.7. The van der Waals surface area contributed by atoms with E-state index in [2.05, 4.69) is 10.6 Å². The first-order valence-electron chi connectivity index (χ1n) is 13.9. The van der Waals surface area contributed by atoms with Crippen LogP contribution in [0.15, 0.2) is 59.6 Å². The van der Waals surface area contributed by atoms with Crippen LogP contribution in [0.5, 0.6) is 0 Å². The second kappa shape index (κ2) is 13.3. The molecule has 2 amide bonds. The number of nitrogens with zero attached hydrogens (tertiary/aromatic N) is 1. The number of hydrogen-bond acceptors (Lipinski definition) is 6. The van der Waals surface area contributed by atoms with Crippen molar-refractivity contribution >= 4 is 56.8 Å². The Balaban J connectivity index is 1.23. The normalized spacial score (nSPS) is 13.0. The van der Waals surface area contributed by atoms with Gasteiger partial charge in [-0.3, -0.25) is 9.59 Å². The molecule has 1 aliphatic carbocycles. The molecule has 43 heavy (non-hydrogen) atoms. The van der Waals surface area contributed by atoms with E-state index in [1.165, 1.54) is 35.2 Å². The predicted molar refractivity (Wildman–Crippen MR) is 162 cm³/mol. The van der Waals surface area contributed by atoms with Gasteiger partial charge < -0.3 is 19.9 Å². The molecule has 0 unspecified atom stereocenters. The summed E-state index contributed by atoms with van der Waals surface area (Å²) in [6.45, 7) is 2.58. The van der Waals surface area contributed by atoms with E-state index in [4.69, 9.17) is 4.74 Å². The number of benzene rings is 2. The number of ether oxygens (including phenoxy) is 1. The Labute approximate surface area is 254 Å². The van der Waals surface area contributed by atoms with Crippen molar-refractivity contribution in [2.24, 2.45) is 0 Å². The zero-order chi connectivity index (χ0) is 30.6. The van der Waals surface area contributed by atoms with E-state index in [0.717, 1.165) is 64.1 Å². The maximum atomic E-state index is 13.0. The van der Waals surface area contributed by atoms with Crippen molar-refractivity contribution in [3.63, 3.8) is 0 Å².